The Balaban J connectivity index is 3.82. The Hall–Kier alpha value is -0.260. The lowest BCUT2D eigenvalue weighted by molar-refractivity contribution is 0.533. The summed E-state index contributed by atoms with van der Waals surface area (Å²) in [6.07, 6.45) is 2.45. The molecule has 0 heteroatoms. The second kappa shape index (κ2) is 4.54. The molecule has 0 bridgehead atoms. The largest absolute Gasteiger partial charge is 0.0993 e. The monoisotopic (exact) mass is 140 g/mol. The molecule has 0 aliphatic carbocycles. The van der Waals surface area contributed by atoms with Crippen molar-refractivity contribution in [3.8, 4) is 0 Å². The van der Waals surface area contributed by atoms with Crippen LogP contribution in [0.25, 0.3) is 0 Å². The summed E-state index contributed by atoms with van der Waals surface area (Å²) in [5, 5.41) is 0. The smallest absolute Gasteiger partial charge is 0.0234 e. The molecule has 0 spiro atoms. The minimum Gasteiger partial charge on any atom is -0.0993 e. The second-order valence-electron chi connectivity index (χ2n) is 3.19. The highest BCUT2D eigenvalue weighted by Crippen LogP contribution is 2.22. The fraction of sp³-hybridized carbons (Fsp3) is 0.800. The first-order chi connectivity index (χ1) is 4.63. The predicted molar refractivity (Wildman–Crippen MR) is 48.1 cm³/mol. The van der Waals surface area contributed by atoms with E-state index in [1.807, 2.05) is 0 Å². The first-order valence-electron chi connectivity index (χ1n) is 4.32. The standard InChI is InChI=1S/C10H20/c1-6-8(3)10(5)9(4)7-2/h8-9H,5-7H2,1-4H3. The van der Waals surface area contributed by atoms with Crippen LogP contribution in [-0.2, 0) is 0 Å². The van der Waals surface area contributed by atoms with Crippen LogP contribution in [0.4, 0.5) is 0 Å². The summed E-state index contributed by atoms with van der Waals surface area (Å²) in [6, 6.07) is 0. The molecule has 0 rings (SSSR count). The quantitative estimate of drug-likeness (QED) is 0.523. The molecule has 60 valence electrons. The van der Waals surface area contributed by atoms with Crippen molar-refractivity contribution < 1.29 is 0 Å². The SMILES string of the molecule is C=C(C(C)CC)C(C)CC. The molecule has 0 aliphatic rings. The van der Waals surface area contributed by atoms with Gasteiger partial charge in [-0.25, -0.2) is 0 Å². The molecule has 0 aromatic heterocycles. The van der Waals surface area contributed by atoms with Gasteiger partial charge in [-0.3, -0.25) is 0 Å². The Labute approximate surface area is 65.3 Å². The fourth-order valence-corrected chi connectivity index (χ4v) is 1.01. The van der Waals surface area contributed by atoms with Gasteiger partial charge in [0.05, 0.1) is 0 Å². The molecule has 0 fully saturated rings. The fourth-order valence-electron chi connectivity index (χ4n) is 1.01. The lowest BCUT2D eigenvalue weighted by Crippen LogP contribution is -2.05. The van der Waals surface area contributed by atoms with Gasteiger partial charge in [-0.15, -0.1) is 0 Å². The van der Waals surface area contributed by atoms with Crippen molar-refractivity contribution in [2.75, 3.05) is 0 Å². The number of allylic oxidation sites excluding steroid dienone is 1. The minimum absolute atomic E-state index is 0.704. The summed E-state index contributed by atoms with van der Waals surface area (Å²) in [4.78, 5) is 0. The number of hydrogen-bond donors (Lipinski definition) is 0. The summed E-state index contributed by atoms with van der Waals surface area (Å²) < 4.78 is 0. The van der Waals surface area contributed by atoms with Gasteiger partial charge < -0.3 is 0 Å². The molecular formula is C10H20. The van der Waals surface area contributed by atoms with Crippen LogP contribution in [0.2, 0.25) is 0 Å². The molecule has 2 atom stereocenters. The van der Waals surface area contributed by atoms with E-state index in [1.165, 1.54) is 18.4 Å². The van der Waals surface area contributed by atoms with Gasteiger partial charge in [0.1, 0.15) is 0 Å². The number of hydrogen-bond acceptors (Lipinski definition) is 0. The zero-order valence-electron chi connectivity index (χ0n) is 7.78. The Morgan fingerprint density at radius 1 is 1.10 bits per heavy atom. The second-order valence-corrected chi connectivity index (χ2v) is 3.19. The average Bonchev–Trinajstić information content (AvgIpc) is 2.00. The Kier molecular flexibility index (Phi) is 4.42. The van der Waals surface area contributed by atoms with Crippen LogP contribution in [0.5, 0.6) is 0 Å². The maximum atomic E-state index is 4.10. The van der Waals surface area contributed by atoms with E-state index < -0.39 is 0 Å². The summed E-state index contributed by atoms with van der Waals surface area (Å²) in [5.74, 6) is 1.41. The zero-order valence-corrected chi connectivity index (χ0v) is 7.78. The first-order valence-corrected chi connectivity index (χ1v) is 4.32. The first kappa shape index (κ1) is 9.74. The van der Waals surface area contributed by atoms with Crippen LogP contribution >= 0.6 is 0 Å². The third kappa shape index (κ3) is 2.55. The molecule has 0 nitrogen and oxygen atoms in total. The predicted octanol–water partition coefficient (Wildman–Crippen LogP) is 3.63. The van der Waals surface area contributed by atoms with E-state index in [4.69, 9.17) is 0 Å². The van der Waals surface area contributed by atoms with E-state index in [1.54, 1.807) is 0 Å². The Morgan fingerprint density at radius 3 is 1.60 bits per heavy atom. The maximum absolute atomic E-state index is 4.10. The minimum atomic E-state index is 0.704. The van der Waals surface area contributed by atoms with Gasteiger partial charge in [0.2, 0.25) is 0 Å². The highest BCUT2D eigenvalue weighted by molar-refractivity contribution is 5.02. The van der Waals surface area contributed by atoms with Crippen molar-refractivity contribution >= 4 is 0 Å². The maximum Gasteiger partial charge on any atom is -0.0234 e. The van der Waals surface area contributed by atoms with E-state index in [0.29, 0.717) is 11.8 Å². The van der Waals surface area contributed by atoms with Crippen molar-refractivity contribution in [1.29, 1.82) is 0 Å². The van der Waals surface area contributed by atoms with Gasteiger partial charge in [-0.1, -0.05) is 39.8 Å². The third-order valence-electron chi connectivity index (χ3n) is 2.49. The molecule has 0 radical (unpaired) electrons. The molecule has 10 heavy (non-hydrogen) atoms. The molecule has 0 aromatic rings. The van der Waals surface area contributed by atoms with Crippen molar-refractivity contribution in [2.45, 2.75) is 40.5 Å². The molecule has 0 aromatic carbocycles. The summed E-state index contributed by atoms with van der Waals surface area (Å²) in [6.45, 7) is 13.1. The molecule has 0 N–H and O–H groups in total. The van der Waals surface area contributed by atoms with Gasteiger partial charge in [0.25, 0.3) is 0 Å². The molecule has 0 aliphatic heterocycles. The molecule has 2 unspecified atom stereocenters. The Bertz CT molecular complexity index is 90.6. The van der Waals surface area contributed by atoms with Gasteiger partial charge in [-0.05, 0) is 24.7 Å². The van der Waals surface area contributed by atoms with Crippen molar-refractivity contribution in [3.63, 3.8) is 0 Å². The van der Waals surface area contributed by atoms with E-state index in [9.17, 15) is 0 Å². The van der Waals surface area contributed by atoms with E-state index >= 15 is 0 Å². The van der Waals surface area contributed by atoms with Crippen LogP contribution in [0.1, 0.15) is 40.5 Å². The average molecular weight is 140 g/mol. The topological polar surface area (TPSA) is 0 Å². The van der Waals surface area contributed by atoms with Gasteiger partial charge in [0, 0.05) is 0 Å². The summed E-state index contributed by atoms with van der Waals surface area (Å²) >= 11 is 0. The highest BCUT2D eigenvalue weighted by Gasteiger charge is 2.09. The summed E-state index contributed by atoms with van der Waals surface area (Å²) in [5.41, 5.74) is 1.42. The molecular weight excluding hydrogens is 120 g/mol. The summed E-state index contributed by atoms with van der Waals surface area (Å²) in [7, 11) is 0. The molecule has 0 heterocycles. The molecule has 0 amide bonds. The van der Waals surface area contributed by atoms with Crippen LogP contribution in [-0.4, -0.2) is 0 Å². The van der Waals surface area contributed by atoms with E-state index in [0.717, 1.165) is 0 Å². The normalized spacial score (nSPS) is 16.4. The highest BCUT2D eigenvalue weighted by atomic mass is 14.1. The van der Waals surface area contributed by atoms with E-state index in [2.05, 4.69) is 34.3 Å². The zero-order chi connectivity index (χ0) is 8.15. The third-order valence-corrected chi connectivity index (χ3v) is 2.49. The molecule has 0 saturated carbocycles. The van der Waals surface area contributed by atoms with E-state index in [-0.39, 0.29) is 0 Å². The van der Waals surface area contributed by atoms with Crippen LogP contribution in [0, 0.1) is 11.8 Å². The van der Waals surface area contributed by atoms with Crippen molar-refractivity contribution in [2.24, 2.45) is 11.8 Å². The van der Waals surface area contributed by atoms with Crippen LogP contribution in [0.3, 0.4) is 0 Å². The van der Waals surface area contributed by atoms with Gasteiger partial charge in [-0.2, -0.15) is 0 Å². The van der Waals surface area contributed by atoms with Gasteiger partial charge in [0.15, 0.2) is 0 Å². The van der Waals surface area contributed by atoms with Crippen LogP contribution < -0.4 is 0 Å². The van der Waals surface area contributed by atoms with Crippen LogP contribution in [0.15, 0.2) is 12.2 Å². The van der Waals surface area contributed by atoms with Gasteiger partial charge >= 0.3 is 0 Å². The number of rotatable bonds is 4. The lowest BCUT2D eigenvalue weighted by Gasteiger charge is -2.17. The lowest BCUT2D eigenvalue weighted by atomic mass is 9.88. The molecule has 0 saturated heterocycles. The Morgan fingerprint density at radius 2 is 1.40 bits per heavy atom. The van der Waals surface area contributed by atoms with Crippen molar-refractivity contribution in [3.05, 3.63) is 12.2 Å². The van der Waals surface area contributed by atoms with Crippen molar-refractivity contribution in [1.82, 2.24) is 0 Å².